The molecule has 0 atom stereocenters. The van der Waals surface area contributed by atoms with Crippen molar-refractivity contribution in [3.05, 3.63) is 46.1 Å². The first-order valence-electron chi connectivity index (χ1n) is 5.22. The Morgan fingerprint density at radius 3 is 2.94 bits per heavy atom. The molecule has 16 heavy (non-hydrogen) atoms. The van der Waals surface area contributed by atoms with Crippen LogP contribution in [0.1, 0.15) is 18.2 Å². The van der Waals surface area contributed by atoms with Crippen LogP contribution in [0.5, 0.6) is 0 Å². The summed E-state index contributed by atoms with van der Waals surface area (Å²) in [5, 5.41) is 0. The van der Waals surface area contributed by atoms with Crippen LogP contribution in [-0.4, -0.2) is 15.0 Å². The minimum absolute atomic E-state index is 0.120. The number of hydrogen-bond donors (Lipinski definition) is 1. The Morgan fingerprint density at radius 1 is 1.44 bits per heavy atom. The third-order valence-corrected chi connectivity index (χ3v) is 2.45. The van der Waals surface area contributed by atoms with E-state index >= 15 is 0 Å². The lowest BCUT2D eigenvalue weighted by Crippen LogP contribution is -2.10. The van der Waals surface area contributed by atoms with Gasteiger partial charge >= 0.3 is 0 Å². The van der Waals surface area contributed by atoms with E-state index in [0.29, 0.717) is 5.82 Å². The van der Waals surface area contributed by atoms with Crippen molar-refractivity contribution in [1.82, 2.24) is 15.0 Å². The van der Waals surface area contributed by atoms with Gasteiger partial charge in [0.1, 0.15) is 5.82 Å². The fourth-order valence-electron chi connectivity index (χ4n) is 1.53. The molecule has 0 saturated heterocycles. The number of aryl methyl sites for hydroxylation is 2. The number of H-pyrrole nitrogens is 1. The van der Waals surface area contributed by atoms with Gasteiger partial charge in [-0.25, -0.2) is 4.98 Å². The molecule has 82 valence electrons. The van der Waals surface area contributed by atoms with Crippen LogP contribution >= 0.6 is 0 Å². The van der Waals surface area contributed by atoms with Gasteiger partial charge in [-0.3, -0.25) is 9.78 Å². The molecule has 4 heteroatoms. The molecule has 0 unspecified atom stereocenters. The van der Waals surface area contributed by atoms with Crippen LogP contribution in [0.3, 0.4) is 0 Å². The highest BCUT2D eigenvalue weighted by Gasteiger charge is 2.05. The van der Waals surface area contributed by atoms with Crippen LogP contribution in [0.25, 0.3) is 11.4 Å². The summed E-state index contributed by atoms with van der Waals surface area (Å²) in [6, 6.07) is 3.42. The second-order valence-electron chi connectivity index (χ2n) is 3.63. The third-order valence-electron chi connectivity index (χ3n) is 2.45. The number of rotatable bonds is 2. The Hall–Kier alpha value is -1.97. The average molecular weight is 215 g/mol. The third kappa shape index (κ3) is 2.00. The molecule has 0 aliphatic rings. The maximum atomic E-state index is 11.4. The lowest BCUT2D eigenvalue weighted by molar-refractivity contribution is 0.984. The van der Waals surface area contributed by atoms with Crippen molar-refractivity contribution in [2.75, 3.05) is 0 Å². The maximum Gasteiger partial charge on any atom is 0.251 e. The van der Waals surface area contributed by atoms with Crippen LogP contribution < -0.4 is 5.56 Å². The number of hydrogen-bond acceptors (Lipinski definition) is 3. The van der Waals surface area contributed by atoms with Gasteiger partial charge in [-0.1, -0.05) is 6.92 Å². The van der Waals surface area contributed by atoms with Crippen molar-refractivity contribution >= 4 is 0 Å². The second-order valence-corrected chi connectivity index (χ2v) is 3.63. The summed E-state index contributed by atoms with van der Waals surface area (Å²) >= 11 is 0. The Balaban J connectivity index is 2.60. The summed E-state index contributed by atoms with van der Waals surface area (Å²) < 4.78 is 0. The molecular weight excluding hydrogens is 202 g/mol. The van der Waals surface area contributed by atoms with Crippen molar-refractivity contribution < 1.29 is 0 Å². The van der Waals surface area contributed by atoms with E-state index in [2.05, 4.69) is 15.0 Å². The SMILES string of the molecule is CCc1cc(=O)[nH]c(-c2cnccc2C)n1. The van der Waals surface area contributed by atoms with Crippen LogP contribution in [-0.2, 0) is 6.42 Å². The molecule has 0 aliphatic heterocycles. The zero-order valence-corrected chi connectivity index (χ0v) is 9.32. The van der Waals surface area contributed by atoms with E-state index in [0.717, 1.165) is 23.2 Å². The normalized spacial score (nSPS) is 10.4. The molecular formula is C12H13N3O. The molecule has 0 bridgehead atoms. The molecule has 4 nitrogen and oxygen atoms in total. The first kappa shape index (κ1) is 10.5. The molecule has 0 radical (unpaired) electrons. The van der Waals surface area contributed by atoms with Crippen LogP contribution in [0.15, 0.2) is 29.3 Å². The number of aromatic nitrogens is 3. The molecule has 2 rings (SSSR count). The standard InChI is InChI=1S/C12H13N3O/c1-3-9-6-11(16)15-12(14-9)10-7-13-5-4-8(10)2/h4-7H,3H2,1-2H3,(H,14,15,16). The van der Waals surface area contributed by atoms with Crippen molar-refractivity contribution in [1.29, 1.82) is 0 Å². The van der Waals surface area contributed by atoms with Gasteiger partial charge in [0.15, 0.2) is 0 Å². The maximum absolute atomic E-state index is 11.4. The number of aromatic amines is 1. The highest BCUT2D eigenvalue weighted by Crippen LogP contribution is 2.16. The van der Waals surface area contributed by atoms with Crippen molar-refractivity contribution in [3.8, 4) is 11.4 Å². The molecule has 2 aromatic rings. The van der Waals surface area contributed by atoms with Crippen molar-refractivity contribution in [2.24, 2.45) is 0 Å². The molecule has 0 aromatic carbocycles. The highest BCUT2D eigenvalue weighted by molar-refractivity contribution is 5.57. The van der Waals surface area contributed by atoms with E-state index in [4.69, 9.17) is 0 Å². The van der Waals surface area contributed by atoms with Crippen LogP contribution in [0.4, 0.5) is 0 Å². The fourth-order valence-corrected chi connectivity index (χ4v) is 1.53. The summed E-state index contributed by atoms with van der Waals surface area (Å²) in [6.45, 7) is 3.94. The average Bonchev–Trinajstić information content (AvgIpc) is 2.28. The van der Waals surface area contributed by atoms with E-state index in [1.54, 1.807) is 12.4 Å². The van der Waals surface area contributed by atoms with Gasteiger partial charge in [-0.15, -0.1) is 0 Å². The smallest absolute Gasteiger partial charge is 0.251 e. The molecule has 2 aromatic heterocycles. The Labute approximate surface area is 93.4 Å². The minimum Gasteiger partial charge on any atom is -0.306 e. The van der Waals surface area contributed by atoms with Crippen LogP contribution in [0.2, 0.25) is 0 Å². The summed E-state index contributed by atoms with van der Waals surface area (Å²) in [5.74, 6) is 0.593. The van der Waals surface area contributed by atoms with Crippen LogP contribution in [0, 0.1) is 6.92 Å². The lowest BCUT2D eigenvalue weighted by atomic mass is 10.1. The lowest BCUT2D eigenvalue weighted by Gasteiger charge is -2.05. The Bertz CT molecular complexity index is 560. The summed E-state index contributed by atoms with van der Waals surface area (Å²) in [4.78, 5) is 22.6. The molecule has 0 saturated carbocycles. The second kappa shape index (κ2) is 4.26. The minimum atomic E-state index is -0.120. The molecule has 0 amide bonds. The molecule has 2 heterocycles. The topological polar surface area (TPSA) is 58.6 Å². The van der Waals surface area contributed by atoms with Crippen molar-refractivity contribution in [3.63, 3.8) is 0 Å². The van der Waals surface area contributed by atoms with Gasteiger partial charge in [0.05, 0.1) is 0 Å². The molecule has 1 N–H and O–H groups in total. The van der Waals surface area contributed by atoms with E-state index in [1.807, 2.05) is 19.9 Å². The molecule has 0 aliphatic carbocycles. The molecule has 0 fully saturated rings. The first-order chi connectivity index (χ1) is 7.70. The summed E-state index contributed by atoms with van der Waals surface area (Å²) in [7, 11) is 0. The summed E-state index contributed by atoms with van der Waals surface area (Å²) in [5.41, 5.74) is 2.59. The summed E-state index contributed by atoms with van der Waals surface area (Å²) in [6.07, 6.45) is 4.18. The van der Waals surface area contributed by atoms with E-state index < -0.39 is 0 Å². The zero-order chi connectivity index (χ0) is 11.5. The van der Waals surface area contributed by atoms with Gasteiger partial charge in [-0.05, 0) is 25.0 Å². The highest BCUT2D eigenvalue weighted by atomic mass is 16.1. The van der Waals surface area contributed by atoms with E-state index in [9.17, 15) is 4.79 Å². The monoisotopic (exact) mass is 215 g/mol. The number of nitrogens with one attached hydrogen (secondary N) is 1. The van der Waals surface area contributed by atoms with Gasteiger partial charge < -0.3 is 4.98 Å². The van der Waals surface area contributed by atoms with Crippen molar-refractivity contribution in [2.45, 2.75) is 20.3 Å². The predicted octanol–water partition coefficient (Wildman–Crippen LogP) is 1.70. The fraction of sp³-hybridized carbons (Fsp3) is 0.250. The van der Waals surface area contributed by atoms with Gasteiger partial charge in [-0.2, -0.15) is 0 Å². The number of nitrogens with zero attached hydrogens (tertiary/aromatic N) is 2. The van der Waals surface area contributed by atoms with Gasteiger partial charge in [0.2, 0.25) is 0 Å². The zero-order valence-electron chi connectivity index (χ0n) is 9.32. The first-order valence-corrected chi connectivity index (χ1v) is 5.22. The van der Waals surface area contributed by atoms with E-state index in [1.165, 1.54) is 6.07 Å². The Kier molecular flexibility index (Phi) is 2.81. The largest absolute Gasteiger partial charge is 0.306 e. The Morgan fingerprint density at radius 2 is 2.25 bits per heavy atom. The predicted molar refractivity (Wildman–Crippen MR) is 62.2 cm³/mol. The van der Waals surface area contributed by atoms with Gasteiger partial charge in [0, 0.05) is 29.7 Å². The number of pyridine rings is 1. The molecule has 0 spiro atoms. The quantitative estimate of drug-likeness (QED) is 0.829. The van der Waals surface area contributed by atoms with E-state index in [-0.39, 0.29) is 5.56 Å². The van der Waals surface area contributed by atoms with Gasteiger partial charge in [0.25, 0.3) is 5.56 Å².